The predicted octanol–water partition coefficient (Wildman–Crippen LogP) is 2.59. The van der Waals surface area contributed by atoms with Gasteiger partial charge in [0.25, 0.3) is 0 Å². The second-order valence-electron chi connectivity index (χ2n) is 4.91. The van der Waals surface area contributed by atoms with Gasteiger partial charge < -0.3 is 9.80 Å². The van der Waals surface area contributed by atoms with Crippen LogP contribution in [0.1, 0.15) is 46.0 Å². The highest BCUT2D eigenvalue weighted by molar-refractivity contribution is 4.77. The maximum absolute atomic E-state index is 2.62. The Kier molecular flexibility index (Phi) is 6.26. The second-order valence-corrected chi connectivity index (χ2v) is 4.91. The molecule has 1 aliphatic rings. The van der Waals surface area contributed by atoms with E-state index in [0.29, 0.717) is 0 Å². The van der Waals surface area contributed by atoms with Gasteiger partial charge in [0.1, 0.15) is 0 Å². The Morgan fingerprint density at radius 3 is 2.33 bits per heavy atom. The highest BCUT2D eigenvalue weighted by Gasteiger charge is 2.21. The molecule has 0 aliphatic carbocycles. The molecular formula is C13H28N2. The van der Waals surface area contributed by atoms with Crippen LogP contribution in [0.5, 0.6) is 0 Å². The van der Waals surface area contributed by atoms with Crippen LogP contribution < -0.4 is 0 Å². The van der Waals surface area contributed by atoms with E-state index in [1.807, 2.05) is 0 Å². The fraction of sp³-hybridized carbons (Fsp3) is 1.00. The molecule has 1 heterocycles. The van der Waals surface area contributed by atoms with Gasteiger partial charge in [-0.3, -0.25) is 0 Å². The van der Waals surface area contributed by atoms with E-state index in [1.165, 1.54) is 58.3 Å². The summed E-state index contributed by atoms with van der Waals surface area (Å²) in [5, 5.41) is 0. The van der Waals surface area contributed by atoms with Crippen molar-refractivity contribution in [1.82, 2.24) is 9.80 Å². The Hall–Kier alpha value is -0.0800. The zero-order valence-corrected chi connectivity index (χ0v) is 10.8. The fourth-order valence-electron chi connectivity index (χ4n) is 2.49. The summed E-state index contributed by atoms with van der Waals surface area (Å²) in [7, 11) is 2.30. The Balaban J connectivity index is 2.18. The summed E-state index contributed by atoms with van der Waals surface area (Å²) in [5.41, 5.74) is 0. The molecule has 2 heteroatoms. The molecule has 15 heavy (non-hydrogen) atoms. The van der Waals surface area contributed by atoms with Crippen molar-refractivity contribution in [3.8, 4) is 0 Å². The molecule has 0 aromatic rings. The third-order valence-corrected chi connectivity index (χ3v) is 3.58. The number of nitrogens with zero attached hydrogens (tertiary/aromatic N) is 2. The van der Waals surface area contributed by atoms with Crippen LogP contribution in [0.15, 0.2) is 0 Å². The number of piperidine rings is 1. The molecule has 0 bridgehead atoms. The van der Waals surface area contributed by atoms with Gasteiger partial charge in [0.2, 0.25) is 0 Å². The fourth-order valence-corrected chi connectivity index (χ4v) is 2.49. The van der Waals surface area contributed by atoms with E-state index >= 15 is 0 Å². The van der Waals surface area contributed by atoms with E-state index in [0.717, 1.165) is 6.04 Å². The van der Waals surface area contributed by atoms with Crippen LogP contribution in [-0.2, 0) is 0 Å². The average Bonchev–Trinajstić information content (AvgIpc) is 2.27. The number of rotatable bonds is 6. The van der Waals surface area contributed by atoms with Gasteiger partial charge in [0.05, 0.1) is 0 Å². The van der Waals surface area contributed by atoms with E-state index in [1.54, 1.807) is 0 Å². The third-order valence-electron chi connectivity index (χ3n) is 3.58. The van der Waals surface area contributed by atoms with Crippen LogP contribution in [0.4, 0.5) is 0 Å². The molecule has 0 N–H and O–H groups in total. The maximum Gasteiger partial charge on any atom is 0.0117 e. The first-order chi connectivity index (χ1) is 7.27. The zero-order valence-electron chi connectivity index (χ0n) is 10.8. The van der Waals surface area contributed by atoms with Crippen molar-refractivity contribution in [3.05, 3.63) is 0 Å². The lowest BCUT2D eigenvalue weighted by atomic mass is 10.0. The van der Waals surface area contributed by atoms with Crippen LogP contribution in [0.25, 0.3) is 0 Å². The van der Waals surface area contributed by atoms with E-state index in [2.05, 4.69) is 30.7 Å². The normalized spacial score (nSPS) is 20.0. The predicted molar refractivity (Wildman–Crippen MR) is 67.3 cm³/mol. The van der Waals surface area contributed by atoms with Gasteiger partial charge in [-0.25, -0.2) is 0 Å². The summed E-state index contributed by atoms with van der Waals surface area (Å²) >= 11 is 0. The van der Waals surface area contributed by atoms with Crippen LogP contribution in [0.3, 0.4) is 0 Å². The molecule has 90 valence electrons. The molecule has 0 unspecified atom stereocenters. The van der Waals surface area contributed by atoms with E-state index in [4.69, 9.17) is 0 Å². The van der Waals surface area contributed by atoms with Crippen molar-refractivity contribution in [2.75, 3.05) is 33.2 Å². The lowest BCUT2D eigenvalue weighted by Gasteiger charge is -2.36. The quantitative estimate of drug-likeness (QED) is 0.668. The van der Waals surface area contributed by atoms with Crippen LogP contribution in [-0.4, -0.2) is 49.1 Å². The summed E-state index contributed by atoms with van der Waals surface area (Å²) in [5.74, 6) is 0. The summed E-state index contributed by atoms with van der Waals surface area (Å²) < 4.78 is 0. The summed E-state index contributed by atoms with van der Waals surface area (Å²) in [6.07, 6.45) is 6.72. The minimum absolute atomic E-state index is 0.852. The van der Waals surface area contributed by atoms with Gasteiger partial charge in [0, 0.05) is 6.04 Å². The number of hydrogen-bond acceptors (Lipinski definition) is 2. The lowest BCUT2D eigenvalue weighted by Crippen LogP contribution is -2.43. The maximum atomic E-state index is 2.62. The molecule has 2 nitrogen and oxygen atoms in total. The monoisotopic (exact) mass is 212 g/mol. The van der Waals surface area contributed by atoms with Crippen LogP contribution in [0, 0.1) is 0 Å². The first-order valence-corrected chi connectivity index (χ1v) is 6.70. The Bertz CT molecular complexity index is 151. The van der Waals surface area contributed by atoms with Crippen molar-refractivity contribution in [1.29, 1.82) is 0 Å². The first-order valence-electron chi connectivity index (χ1n) is 6.70. The topological polar surface area (TPSA) is 6.48 Å². The van der Waals surface area contributed by atoms with E-state index < -0.39 is 0 Å². The number of unbranched alkanes of at least 4 members (excludes halogenated alkanes) is 1. The second kappa shape index (κ2) is 7.24. The number of hydrogen-bond donors (Lipinski definition) is 0. The first kappa shape index (κ1) is 13.0. The smallest absolute Gasteiger partial charge is 0.0117 e. The minimum Gasteiger partial charge on any atom is -0.303 e. The Morgan fingerprint density at radius 2 is 1.80 bits per heavy atom. The van der Waals surface area contributed by atoms with Crippen molar-refractivity contribution < 1.29 is 0 Å². The molecule has 0 aromatic heterocycles. The van der Waals surface area contributed by atoms with Gasteiger partial charge in [-0.05, 0) is 58.9 Å². The van der Waals surface area contributed by atoms with E-state index in [-0.39, 0.29) is 0 Å². The van der Waals surface area contributed by atoms with Crippen molar-refractivity contribution in [3.63, 3.8) is 0 Å². The highest BCUT2D eigenvalue weighted by Crippen LogP contribution is 2.15. The SMILES string of the molecule is CCCCN(C)C1CCN(CCC)CC1. The summed E-state index contributed by atoms with van der Waals surface area (Å²) in [6.45, 7) is 9.77. The highest BCUT2D eigenvalue weighted by atomic mass is 15.2. The standard InChI is InChI=1S/C13H28N2/c1-4-6-10-14(3)13-7-11-15(9-5-2)12-8-13/h13H,4-12H2,1-3H3. The van der Waals surface area contributed by atoms with Gasteiger partial charge in [-0.15, -0.1) is 0 Å². The Labute approximate surface area is 95.6 Å². The molecule has 0 amide bonds. The lowest BCUT2D eigenvalue weighted by molar-refractivity contribution is 0.127. The van der Waals surface area contributed by atoms with Crippen molar-refractivity contribution >= 4 is 0 Å². The molecule has 1 fully saturated rings. The molecule has 1 saturated heterocycles. The minimum atomic E-state index is 0.852. The molecule has 1 rings (SSSR count). The third kappa shape index (κ3) is 4.52. The molecule has 1 aliphatic heterocycles. The summed E-state index contributed by atoms with van der Waals surface area (Å²) in [6, 6.07) is 0.852. The molecule has 0 saturated carbocycles. The van der Waals surface area contributed by atoms with Crippen molar-refractivity contribution in [2.45, 2.75) is 52.0 Å². The van der Waals surface area contributed by atoms with Gasteiger partial charge >= 0.3 is 0 Å². The largest absolute Gasteiger partial charge is 0.303 e. The number of likely N-dealkylation sites (tertiary alicyclic amines) is 1. The molecular weight excluding hydrogens is 184 g/mol. The van der Waals surface area contributed by atoms with Gasteiger partial charge in [-0.2, -0.15) is 0 Å². The zero-order chi connectivity index (χ0) is 11.1. The molecule has 0 aromatic carbocycles. The van der Waals surface area contributed by atoms with Crippen LogP contribution in [0.2, 0.25) is 0 Å². The van der Waals surface area contributed by atoms with Crippen molar-refractivity contribution in [2.24, 2.45) is 0 Å². The molecule has 0 atom stereocenters. The average molecular weight is 212 g/mol. The van der Waals surface area contributed by atoms with E-state index in [9.17, 15) is 0 Å². The molecule has 0 radical (unpaired) electrons. The van der Waals surface area contributed by atoms with Crippen LogP contribution >= 0.6 is 0 Å². The summed E-state index contributed by atoms with van der Waals surface area (Å²) in [4.78, 5) is 5.19. The molecule has 0 spiro atoms. The van der Waals surface area contributed by atoms with Gasteiger partial charge in [0.15, 0.2) is 0 Å². The van der Waals surface area contributed by atoms with Gasteiger partial charge in [-0.1, -0.05) is 20.3 Å². The Morgan fingerprint density at radius 1 is 1.13 bits per heavy atom.